The van der Waals surface area contributed by atoms with Crippen molar-refractivity contribution in [3.8, 4) is 17.1 Å². The zero-order valence-electron chi connectivity index (χ0n) is 14.9. The number of benzene rings is 1. The predicted molar refractivity (Wildman–Crippen MR) is 93.0 cm³/mol. The molecule has 1 N–H and O–H groups in total. The van der Waals surface area contributed by atoms with Crippen LogP contribution in [-0.2, 0) is 14.3 Å². The van der Waals surface area contributed by atoms with Crippen molar-refractivity contribution in [2.75, 3.05) is 20.3 Å². The molecule has 1 aromatic carbocycles. The number of carbonyl (C=O) groups excluding carboxylic acids is 1. The van der Waals surface area contributed by atoms with Crippen LogP contribution in [0.4, 0.5) is 0 Å². The fraction of sp³-hybridized carbons (Fsp3) is 0.556. The van der Waals surface area contributed by atoms with Gasteiger partial charge in [0.25, 0.3) is 0 Å². The second kappa shape index (κ2) is 6.58. The summed E-state index contributed by atoms with van der Waals surface area (Å²) in [6.45, 7) is 0.883. The van der Waals surface area contributed by atoms with Crippen LogP contribution in [0.3, 0.4) is 0 Å². The van der Waals surface area contributed by atoms with Crippen molar-refractivity contribution in [2.45, 2.75) is 37.1 Å². The molecule has 1 aromatic heterocycles. The number of amides is 1. The smallest absolute Gasteiger partial charge is 0.223 e. The van der Waals surface area contributed by atoms with E-state index in [1.807, 2.05) is 24.3 Å². The Bertz CT molecular complexity index is 852. The van der Waals surface area contributed by atoms with Crippen LogP contribution in [0.1, 0.15) is 18.9 Å². The molecule has 1 amide bonds. The Hall–Kier alpha value is -2.52. The number of nitrogens with zero attached hydrogens (tertiary/aromatic N) is 4. The minimum Gasteiger partial charge on any atom is -0.497 e. The van der Waals surface area contributed by atoms with Crippen LogP contribution in [-0.4, -0.2) is 64.7 Å². The highest BCUT2D eigenvalue weighted by molar-refractivity contribution is 5.81. The molecular weight excluding hydrogens is 350 g/mol. The molecule has 2 aromatic rings. The topological polar surface area (TPSA) is 100 Å². The van der Waals surface area contributed by atoms with Crippen molar-refractivity contribution >= 4 is 5.91 Å². The quantitative estimate of drug-likeness (QED) is 0.821. The number of hydrogen-bond donors (Lipinski definition) is 1. The van der Waals surface area contributed by atoms with E-state index >= 15 is 0 Å². The van der Waals surface area contributed by atoms with Crippen molar-refractivity contribution in [1.82, 2.24) is 25.5 Å². The van der Waals surface area contributed by atoms with Gasteiger partial charge in [-0.2, -0.15) is 0 Å². The van der Waals surface area contributed by atoms with Gasteiger partial charge in [-0.1, -0.05) is 12.1 Å². The minimum absolute atomic E-state index is 0.107. The normalized spacial score (nSPS) is 29.5. The summed E-state index contributed by atoms with van der Waals surface area (Å²) in [4.78, 5) is 12.1. The fourth-order valence-corrected chi connectivity index (χ4v) is 3.83. The first-order chi connectivity index (χ1) is 13.2. The third-order valence-corrected chi connectivity index (χ3v) is 5.44. The molecule has 0 radical (unpaired) electrons. The van der Waals surface area contributed by atoms with E-state index in [0.717, 1.165) is 24.2 Å². The number of tetrazole rings is 1. The fourth-order valence-electron chi connectivity index (χ4n) is 3.83. The highest BCUT2D eigenvalue weighted by Crippen LogP contribution is 2.37. The molecule has 3 fully saturated rings. The molecule has 2 aliphatic heterocycles. The van der Waals surface area contributed by atoms with Gasteiger partial charge in [-0.15, -0.1) is 5.10 Å². The maximum Gasteiger partial charge on any atom is 0.223 e. The predicted octanol–water partition coefficient (Wildman–Crippen LogP) is 0.582. The zero-order chi connectivity index (χ0) is 18.4. The Morgan fingerprint density at radius 2 is 2.11 bits per heavy atom. The second-order valence-corrected chi connectivity index (χ2v) is 7.23. The van der Waals surface area contributed by atoms with E-state index in [1.165, 1.54) is 0 Å². The number of rotatable bonds is 5. The van der Waals surface area contributed by atoms with Crippen LogP contribution in [0.15, 0.2) is 24.3 Å². The number of fused-ring (bicyclic) bond motifs is 1. The third kappa shape index (κ3) is 2.96. The highest BCUT2D eigenvalue weighted by atomic mass is 16.6. The van der Waals surface area contributed by atoms with E-state index in [-0.39, 0.29) is 36.1 Å². The molecule has 0 unspecified atom stereocenters. The molecule has 1 saturated carbocycles. The SMILES string of the molecule is COc1cccc(-c2nnnn2[C@H]2CO[C@H]3[C@@H]2OC[C@@H]3NC(=O)C2CC2)c1. The van der Waals surface area contributed by atoms with E-state index in [4.69, 9.17) is 14.2 Å². The number of hydrogen-bond acceptors (Lipinski definition) is 7. The van der Waals surface area contributed by atoms with Gasteiger partial charge in [0.1, 0.15) is 24.0 Å². The van der Waals surface area contributed by atoms with Crippen LogP contribution < -0.4 is 10.1 Å². The van der Waals surface area contributed by atoms with Gasteiger partial charge in [0.2, 0.25) is 5.91 Å². The number of nitrogens with one attached hydrogen (secondary N) is 1. The Morgan fingerprint density at radius 1 is 1.26 bits per heavy atom. The first kappa shape index (κ1) is 16.6. The summed E-state index contributed by atoms with van der Waals surface area (Å²) in [7, 11) is 1.62. The molecule has 2 saturated heterocycles. The Labute approximate surface area is 156 Å². The van der Waals surface area contributed by atoms with E-state index < -0.39 is 0 Å². The Balaban J connectivity index is 1.36. The minimum atomic E-state index is -0.192. The van der Waals surface area contributed by atoms with Gasteiger partial charge in [0, 0.05) is 11.5 Å². The van der Waals surface area contributed by atoms with Crippen molar-refractivity contribution in [1.29, 1.82) is 0 Å². The van der Waals surface area contributed by atoms with Gasteiger partial charge in [0.05, 0.1) is 26.4 Å². The van der Waals surface area contributed by atoms with Gasteiger partial charge in [0.15, 0.2) is 5.82 Å². The lowest BCUT2D eigenvalue weighted by molar-refractivity contribution is -0.123. The standard InChI is InChI=1S/C18H21N5O4/c1-25-12-4-2-3-11(7-12)17-20-21-22-23(17)14-9-27-15-13(8-26-16(14)15)19-18(24)10-5-6-10/h2-4,7,10,13-16H,5-6,8-9H2,1H3,(H,19,24)/t13-,14-,15+,16+/m0/s1. The van der Waals surface area contributed by atoms with Crippen molar-refractivity contribution < 1.29 is 19.0 Å². The third-order valence-electron chi connectivity index (χ3n) is 5.44. The van der Waals surface area contributed by atoms with E-state index in [9.17, 15) is 4.79 Å². The number of carbonyl (C=O) groups is 1. The zero-order valence-corrected chi connectivity index (χ0v) is 14.9. The molecule has 1 aliphatic carbocycles. The van der Waals surface area contributed by atoms with Crippen LogP contribution in [0.5, 0.6) is 5.75 Å². The van der Waals surface area contributed by atoms with Crippen molar-refractivity contribution in [2.24, 2.45) is 5.92 Å². The number of aromatic nitrogens is 4. The largest absolute Gasteiger partial charge is 0.497 e. The second-order valence-electron chi connectivity index (χ2n) is 7.23. The van der Waals surface area contributed by atoms with Crippen LogP contribution in [0.2, 0.25) is 0 Å². The molecular formula is C18H21N5O4. The molecule has 4 atom stereocenters. The van der Waals surface area contributed by atoms with Crippen molar-refractivity contribution in [3.05, 3.63) is 24.3 Å². The first-order valence-corrected chi connectivity index (χ1v) is 9.20. The summed E-state index contributed by atoms with van der Waals surface area (Å²) in [5.74, 6) is 1.65. The monoisotopic (exact) mass is 371 g/mol. The summed E-state index contributed by atoms with van der Waals surface area (Å²) in [6, 6.07) is 7.34. The molecule has 9 nitrogen and oxygen atoms in total. The lowest BCUT2D eigenvalue weighted by Crippen LogP contribution is -2.44. The molecule has 0 bridgehead atoms. The van der Waals surface area contributed by atoms with Gasteiger partial charge in [-0.25, -0.2) is 4.68 Å². The lowest BCUT2D eigenvalue weighted by Gasteiger charge is -2.18. The Morgan fingerprint density at radius 3 is 2.93 bits per heavy atom. The molecule has 0 spiro atoms. The lowest BCUT2D eigenvalue weighted by atomic mass is 10.1. The average Bonchev–Trinajstić information content (AvgIpc) is 3.11. The van der Waals surface area contributed by atoms with E-state index in [0.29, 0.717) is 19.0 Å². The van der Waals surface area contributed by atoms with Gasteiger partial charge in [-0.3, -0.25) is 4.79 Å². The summed E-state index contributed by atoms with van der Waals surface area (Å²) in [6.07, 6.45) is 1.58. The van der Waals surface area contributed by atoms with Gasteiger partial charge >= 0.3 is 0 Å². The molecule has 3 heterocycles. The molecule has 142 valence electrons. The number of ether oxygens (including phenoxy) is 3. The van der Waals surface area contributed by atoms with Gasteiger partial charge in [-0.05, 0) is 35.4 Å². The van der Waals surface area contributed by atoms with E-state index in [1.54, 1.807) is 11.8 Å². The van der Waals surface area contributed by atoms with Gasteiger partial charge < -0.3 is 19.5 Å². The Kier molecular flexibility index (Phi) is 4.05. The maximum absolute atomic E-state index is 12.1. The summed E-state index contributed by atoms with van der Waals surface area (Å²) < 4.78 is 19.0. The summed E-state index contributed by atoms with van der Waals surface area (Å²) >= 11 is 0. The number of methoxy groups -OCH3 is 1. The summed E-state index contributed by atoms with van der Waals surface area (Å²) in [5, 5.41) is 15.3. The van der Waals surface area contributed by atoms with Crippen LogP contribution in [0.25, 0.3) is 11.4 Å². The summed E-state index contributed by atoms with van der Waals surface area (Å²) in [5.41, 5.74) is 0.861. The van der Waals surface area contributed by atoms with E-state index in [2.05, 4.69) is 20.8 Å². The van der Waals surface area contributed by atoms with Crippen LogP contribution in [0, 0.1) is 5.92 Å². The molecule has 27 heavy (non-hydrogen) atoms. The first-order valence-electron chi connectivity index (χ1n) is 9.20. The molecule has 3 aliphatic rings. The highest BCUT2D eigenvalue weighted by Gasteiger charge is 2.50. The molecule has 5 rings (SSSR count). The molecule has 9 heteroatoms. The van der Waals surface area contributed by atoms with Crippen molar-refractivity contribution in [3.63, 3.8) is 0 Å². The maximum atomic E-state index is 12.1. The average molecular weight is 371 g/mol. The van der Waals surface area contributed by atoms with Crippen LogP contribution >= 0.6 is 0 Å².